The highest BCUT2D eigenvalue weighted by molar-refractivity contribution is 5.74. The van der Waals surface area contributed by atoms with Crippen LogP contribution in [-0.2, 0) is 4.74 Å². The third kappa shape index (κ3) is 4.62. The fourth-order valence-corrected chi connectivity index (χ4v) is 3.72. The van der Waals surface area contributed by atoms with Gasteiger partial charge in [-0.05, 0) is 38.7 Å². The molecule has 0 bridgehead atoms. The van der Waals surface area contributed by atoms with Crippen LogP contribution >= 0.6 is 0 Å². The molecule has 2 aliphatic heterocycles. The number of nitrogens with two attached hydrogens (primary N) is 1. The second kappa shape index (κ2) is 9.14. The van der Waals surface area contributed by atoms with Crippen LogP contribution in [0.1, 0.15) is 32.6 Å². The number of nitrogens with one attached hydrogen (secondary N) is 1. The summed E-state index contributed by atoms with van der Waals surface area (Å²) in [4.78, 5) is 24.9. The molecule has 2 fully saturated rings. The van der Waals surface area contributed by atoms with Crippen molar-refractivity contribution in [3.63, 3.8) is 0 Å². The smallest absolute Gasteiger partial charge is 0.317 e. The number of urea groups is 1. The van der Waals surface area contributed by atoms with Crippen LogP contribution < -0.4 is 16.0 Å². The number of carbonyl (C=O) groups is 1. The lowest BCUT2D eigenvalue weighted by Crippen LogP contribution is -2.59. The summed E-state index contributed by atoms with van der Waals surface area (Å²) in [5.74, 6) is 0.780. The van der Waals surface area contributed by atoms with E-state index in [1.807, 2.05) is 17.9 Å². The first kappa shape index (κ1) is 18.8. The number of hydrogen-bond acceptors (Lipinski definition) is 6. The molecule has 2 saturated heterocycles. The quantitative estimate of drug-likeness (QED) is 0.811. The Balaban J connectivity index is 1.49. The lowest BCUT2D eigenvalue weighted by molar-refractivity contribution is -0.00822. The van der Waals surface area contributed by atoms with Crippen LogP contribution in [0.2, 0.25) is 0 Å². The third-order valence-corrected chi connectivity index (χ3v) is 5.20. The normalized spacial score (nSPS) is 24.5. The van der Waals surface area contributed by atoms with Crippen molar-refractivity contribution in [3.8, 4) is 0 Å². The molecule has 0 spiro atoms. The molecular formula is C18H30N6O2. The summed E-state index contributed by atoms with van der Waals surface area (Å²) in [6, 6.07) is 1.72. The maximum Gasteiger partial charge on any atom is 0.317 e. The minimum atomic E-state index is -0.0502. The average Bonchev–Trinajstić information content (AvgIpc) is 2.68. The Morgan fingerprint density at radius 3 is 2.69 bits per heavy atom. The van der Waals surface area contributed by atoms with Crippen LogP contribution in [0.4, 0.5) is 10.7 Å². The predicted octanol–water partition coefficient (Wildman–Crippen LogP) is 0.983. The van der Waals surface area contributed by atoms with Crippen LogP contribution in [0.5, 0.6) is 0 Å². The fourth-order valence-electron chi connectivity index (χ4n) is 3.72. The number of likely N-dealkylation sites (tertiary alicyclic amines) is 1. The highest BCUT2D eigenvalue weighted by Crippen LogP contribution is 2.21. The predicted molar refractivity (Wildman–Crippen MR) is 100.0 cm³/mol. The molecule has 0 saturated carbocycles. The molecule has 0 aliphatic carbocycles. The molecule has 2 atom stereocenters. The number of anilines is 1. The van der Waals surface area contributed by atoms with Gasteiger partial charge in [0.1, 0.15) is 0 Å². The summed E-state index contributed by atoms with van der Waals surface area (Å²) in [5, 5.41) is 2.88. The molecule has 144 valence electrons. The number of rotatable bonds is 5. The standard InChI is InChI=1S/C18H30N6O2/c1-2-20-18(25)24-10-3-5-15(19)16(24)13-26-14-6-11-23(12-7-14)17-21-8-4-9-22-17/h4,8-9,14-16H,2-3,5-7,10-13,19H2,1H3,(H,20,25)/t15-,16-/m0/s1. The fraction of sp³-hybridized carbons (Fsp3) is 0.722. The van der Waals surface area contributed by atoms with E-state index in [-0.39, 0.29) is 24.2 Å². The van der Waals surface area contributed by atoms with Crippen LogP contribution in [0.25, 0.3) is 0 Å². The van der Waals surface area contributed by atoms with Crippen molar-refractivity contribution in [1.82, 2.24) is 20.2 Å². The molecule has 0 aromatic carbocycles. The Hall–Kier alpha value is -1.93. The van der Waals surface area contributed by atoms with Gasteiger partial charge in [0.25, 0.3) is 0 Å². The third-order valence-electron chi connectivity index (χ3n) is 5.20. The zero-order valence-corrected chi connectivity index (χ0v) is 15.5. The van der Waals surface area contributed by atoms with Crippen molar-refractivity contribution in [2.45, 2.75) is 50.8 Å². The van der Waals surface area contributed by atoms with E-state index in [9.17, 15) is 4.79 Å². The molecule has 3 N–H and O–H groups in total. The molecule has 2 aliphatic rings. The van der Waals surface area contributed by atoms with Gasteiger partial charge in [-0.2, -0.15) is 0 Å². The summed E-state index contributed by atoms with van der Waals surface area (Å²) in [6.07, 6.45) is 7.48. The first-order chi connectivity index (χ1) is 12.7. The summed E-state index contributed by atoms with van der Waals surface area (Å²) in [5.41, 5.74) is 6.29. The Labute approximate surface area is 155 Å². The molecule has 0 unspecified atom stereocenters. The van der Waals surface area contributed by atoms with Gasteiger partial charge in [0.15, 0.2) is 0 Å². The average molecular weight is 362 g/mol. The number of aromatic nitrogens is 2. The highest BCUT2D eigenvalue weighted by Gasteiger charge is 2.33. The van der Waals surface area contributed by atoms with E-state index in [0.717, 1.165) is 51.3 Å². The molecule has 8 nitrogen and oxygen atoms in total. The van der Waals surface area contributed by atoms with Crippen LogP contribution in [0.15, 0.2) is 18.5 Å². The Bertz CT molecular complexity index is 564. The minimum absolute atomic E-state index is 0.0239. The second-order valence-corrected chi connectivity index (χ2v) is 6.97. The molecule has 3 heterocycles. The van der Waals surface area contributed by atoms with Gasteiger partial charge in [-0.15, -0.1) is 0 Å². The Morgan fingerprint density at radius 1 is 1.27 bits per heavy atom. The molecular weight excluding hydrogens is 332 g/mol. The number of piperidine rings is 2. The summed E-state index contributed by atoms with van der Waals surface area (Å²) in [6.45, 7) is 5.56. The molecule has 26 heavy (non-hydrogen) atoms. The van der Waals surface area contributed by atoms with Crippen molar-refractivity contribution >= 4 is 12.0 Å². The van der Waals surface area contributed by atoms with Crippen LogP contribution in [0, 0.1) is 0 Å². The maximum absolute atomic E-state index is 12.3. The van der Waals surface area contributed by atoms with Gasteiger partial charge in [-0.1, -0.05) is 0 Å². The molecule has 2 amide bonds. The van der Waals surface area contributed by atoms with Gasteiger partial charge in [-0.3, -0.25) is 0 Å². The summed E-state index contributed by atoms with van der Waals surface area (Å²) >= 11 is 0. The highest BCUT2D eigenvalue weighted by atomic mass is 16.5. The van der Waals surface area contributed by atoms with Crippen LogP contribution in [0.3, 0.4) is 0 Å². The van der Waals surface area contributed by atoms with E-state index in [4.69, 9.17) is 10.5 Å². The van der Waals surface area contributed by atoms with Crippen molar-refractivity contribution < 1.29 is 9.53 Å². The molecule has 3 rings (SSSR count). The zero-order valence-electron chi connectivity index (χ0n) is 15.5. The molecule has 1 aromatic rings. The van der Waals surface area contributed by atoms with Crippen molar-refractivity contribution in [1.29, 1.82) is 0 Å². The lowest BCUT2D eigenvalue weighted by Gasteiger charge is -2.40. The monoisotopic (exact) mass is 362 g/mol. The number of ether oxygens (including phenoxy) is 1. The van der Waals surface area contributed by atoms with E-state index >= 15 is 0 Å². The van der Waals surface area contributed by atoms with Gasteiger partial charge >= 0.3 is 6.03 Å². The Kier molecular flexibility index (Phi) is 6.62. The van der Waals surface area contributed by atoms with Gasteiger partial charge in [0.05, 0.1) is 18.8 Å². The zero-order chi connectivity index (χ0) is 18.4. The van der Waals surface area contributed by atoms with E-state index in [2.05, 4.69) is 20.2 Å². The van der Waals surface area contributed by atoms with Crippen molar-refractivity contribution in [3.05, 3.63) is 18.5 Å². The topological polar surface area (TPSA) is 96.6 Å². The summed E-state index contributed by atoms with van der Waals surface area (Å²) < 4.78 is 6.17. The summed E-state index contributed by atoms with van der Waals surface area (Å²) in [7, 11) is 0. The number of nitrogens with zero attached hydrogens (tertiary/aromatic N) is 4. The first-order valence-corrected chi connectivity index (χ1v) is 9.62. The minimum Gasteiger partial charge on any atom is -0.376 e. The van der Waals surface area contributed by atoms with E-state index < -0.39 is 0 Å². The van der Waals surface area contributed by atoms with E-state index in [0.29, 0.717) is 13.2 Å². The van der Waals surface area contributed by atoms with Gasteiger partial charge in [0.2, 0.25) is 5.95 Å². The second-order valence-electron chi connectivity index (χ2n) is 6.97. The number of carbonyl (C=O) groups excluding carboxylic acids is 1. The molecule has 0 radical (unpaired) electrons. The van der Waals surface area contributed by atoms with Gasteiger partial charge < -0.3 is 25.6 Å². The molecule has 8 heteroatoms. The van der Waals surface area contributed by atoms with Gasteiger partial charge in [0, 0.05) is 44.6 Å². The SMILES string of the molecule is CCNC(=O)N1CCC[C@H](N)[C@@H]1COC1CCN(c2ncccn2)CC1. The van der Waals surface area contributed by atoms with Gasteiger partial charge in [-0.25, -0.2) is 14.8 Å². The maximum atomic E-state index is 12.3. The number of hydrogen-bond donors (Lipinski definition) is 2. The van der Waals surface area contributed by atoms with Crippen molar-refractivity contribution in [2.75, 3.05) is 37.7 Å². The number of amides is 2. The molecule has 1 aromatic heterocycles. The van der Waals surface area contributed by atoms with Crippen LogP contribution in [-0.4, -0.2) is 71.9 Å². The Morgan fingerprint density at radius 2 is 2.00 bits per heavy atom. The largest absolute Gasteiger partial charge is 0.376 e. The first-order valence-electron chi connectivity index (χ1n) is 9.62. The van der Waals surface area contributed by atoms with E-state index in [1.165, 1.54) is 0 Å². The lowest BCUT2D eigenvalue weighted by atomic mass is 9.97. The van der Waals surface area contributed by atoms with E-state index in [1.54, 1.807) is 12.4 Å². The van der Waals surface area contributed by atoms with Crippen molar-refractivity contribution in [2.24, 2.45) is 5.73 Å².